The van der Waals surface area contributed by atoms with Gasteiger partial charge in [-0.3, -0.25) is 4.79 Å². The molecule has 0 aromatic heterocycles. The number of hydrogen-bond donors (Lipinski definition) is 3. The molecule has 1 heterocycles. The molecule has 1 amide bonds. The molecule has 0 bridgehead atoms. The average molecular weight is 292 g/mol. The van der Waals surface area contributed by atoms with Crippen molar-refractivity contribution < 1.29 is 14.6 Å². The number of rotatable bonds is 7. The van der Waals surface area contributed by atoms with E-state index in [1.807, 2.05) is 30.3 Å². The van der Waals surface area contributed by atoms with Gasteiger partial charge in [-0.25, -0.2) is 0 Å². The lowest BCUT2D eigenvalue weighted by atomic mass is 10.1. The monoisotopic (exact) mass is 292 g/mol. The van der Waals surface area contributed by atoms with Crippen molar-refractivity contribution in [1.29, 1.82) is 0 Å². The maximum Gasteiger partial charge on any atom is 0.222 e. The molecule has 1 saturated heterocycles. The Morgan fingerprint density at radius 2 is 2.05 bits per heavy atom. The van der Waals surface area contributed by atoms with Crippen LogP contribution in [0.25, 0.3) is 0 Å². The number of ether oxygens (including phenoxy) is 1. The van der Waals surface area contributed by atoms with Crippen LogP contribution in [-0.2, 0) is 9.53 Å². The standard InChI is InChI=1S/C16H24N2O3/c19-12-15(13-4-2-1-3-5-13)18-16(20)8-11-21-14-6-9-17-10-7-14/h1-5,14-15,17,19H,6-12H2,(H,18,20)/t15-/m0/s1. The molecule has 1 aromatic carbocycles. The first kappa shape index (κ1) is 15.9. The topological polar surface area (TPSA) is 70.6 Å². The molecule has 1 fully saturated rings. The van der Waals surface area contributed by atoms with Gasteiger partial charge in [0.05, 0.1) is 25.4 Å². The summed E-state index contributed by atoms with van der Waals surface area (Å²) in [7, 11) is 0. The van der Waals surface area contributed by atoms with Gasteiger partial charge in [-0.1, -0.05) is 30.3 Å². The van der Waals surface area contributed by atoms with Crippen LogP contribution in [0.1, 0.15) is 30.9 Å². The van der Waals surface area contributed by atoms with Crippen LogP contribution in [0.3, 0.4) is 0 Å². The Kier molecular flexibility index (Phi) is 6.66. The van der Waals surface area contributed by atoms with Gasteiger partial charge in [0.2, 0.25) is 5.91 Å². The molecule has 1 aliphatic rings. The van der Waals surface area contributed by atoms with Crippen molar-refractivity contribution in [2.75, 3.05) is 26.3 Å². The third kappa shape index (κ3) is 5.46. The number of benzene rings is 1. The van der Waals surface area contributed by atoms with Gasteiger partial charge >= 0.3 is 0 Å². The van der Waals surface area contributed by atoms with Crippen LogP contribution in [0.5, 0.6) is 0 Å². The zero-order valence-electron chi connectivity index (χ0n) is 12.3. The summed E-state index contributed by atoms with van der Waals surface area (Å²) in [6, 6.07) is 9.14. The van der Waals surface area contributed by atoms with Gasteiger partial charge in [-0.05, 0) is 31.5 Å². The Balaban J connectivity index is 1.70. The average Bonchev–Trinajstić information content (AvgIpc) is 2.54. The predicted octanol–water partition coefficient (Wildman–Crippen LogP) is 0.995. The minimum Gasteiger partial charge on any atom is -0.394 e. The summed E-state index contributed by atoms with van der Waals surface area (Å²) in [6.07, 6.45) is 2.60. The predicted molar refractivity (Wildman–Crippen MR) is 80.9 cm³/mol. The Hall–Kier alpha value is -1.43. The first-order chi connectivity index (χ1) is 10.3. The second kappa shape index (κ2) is 8.77. The Labute approximate surface area is 125 Å². The number of carbonyl (C=O) groups is 1. The molecule has 0 spiro atoms. The molecule has 0 saturated carbocycles. The highest BCUT2D eigenvalue weighted by Crippen LogP contribution is 2.12. The van der Waals surface area contributed by atoms with E-state index in [2.05, 4.69) is 10.6 Å². The normalized spacial score (nSPS) is 17.4. The molecule has 2 rings (SSSR count). The fraction of sp³-hybridized carbons (Fsp3) is 0.562. The molecule has 5 nitrogen and oxygen atoms in total. The smallest absolute Gasteiger partial charge is 0.222 e. The summed E-state index contributed by atoms with van der Waals surface area (Å²) in [6.45, 7) is 2.29. The molecule has 5 heteroatoms. The van der Waals surface area contributed by atoms with E-state index in [0.717, 1.165) is 31.5 Å². The quantitative estimate of drug-likeness (QED) is 0.701. The molecule has 1 aromatic rings. The van der Waals surface area contributed by atoms with E-state index in [4.69, 9.17) is 4.74 Å². The lowest BCUT2D eigenvalue weighted by Gasteiger charge is -2.23. The minimum absolute atomic E-state index is 0.0909. The first-order valence-corrected chi connectivity index (χ1v) is 7.57. The summed E-state index contributed by atoms with van der Waals surface area (Å²) >= 11 is 0. The molecule has 0 radical (unpaired) electrons. The number of hydrogen-bond acceptors (Lipinski definition) is 4. The number of amides is 1. The molecule has 3 N–H and O–H groups in total. The van der Waals surface area contributed by atoms with Crippen molar-refractivity contribution in [3.63, 3.8) is 0 Å². The van der Waals surface area contributed by atoms with Crippen LogP contribution >= 0.6 is 0 Å². The van der Waals surface area contributed by atoms with E-state index in [0.29, 0.717) is 13.0 Å². The SMILES string of the molecule is O=C(CCOC1CCNCC1)N[C@@H](CO)c1ccccc1. The Morgan fingerprint density at radius 3 is 2.71 bits per heavy atom. The summed E-state index contributed by atoms with van der Waals surface area (Å²) in [5.74, 6) is -0.0909. The van der Waals surface area contributed by atoms with E-state index in [-0.39, 0.29) is 24.7 Å². The summed E-state index contributed by atoms with van der Waals surface area (Å²) < 4.78 is 5.71. The number of piperidine rings is 1. The van der Waals surface area contributed by atoms with Crippen molar-refractivity contribution >= 4 is 5.91 Å². The Morgan fingerprint density at radius 1 is 1.33 bits per heavy atom. The molecule has 0 aliphatic carbocycles. The van der Waals surface area contributed by atoms with E-state index in [1.165, 1.54) is 0 Å². The number of nitrogens with one attached hydrogen (secondary N) is 2. The Bertz CT molecular complexity index is 419. The maximum absolute atomic E-state index is 11.9. The zero-order chi connectivity index (χ0) is 14.9. The van der Waals surface area contributed by atoms with E-state index >= 15 is 0 Å². The summed E-state index contributed by atoms with van der Waals surface area (Å²) in [4.78, 5) is 11.9. The third-order valence-corrected chi connectivity index (χ3v) is 3.69. The van der Waals surface area contributed by atoms with E-state index < -0.39 is 0 Å². The minimum atomic E-state index is -0.349. The van der Waals surface area contributed by atoms with Gasteiger partial charge in [0.15, 0.2) is 0 Å². The highest BCUT2D eigenvalue weighted by molar-refractivity contribution is 5.76. The highest BCUT2D eigenvalue weighted by Gasteiger charge is 2.15. The fourth-order valence-corrected chi connectivity index (χ4v) is 2.47. The second-order valence-electron chi connectivity index (χ2n) is 5.28. The summed E-state index contributed by atoms with van der Waals surface area (Å²) in [5.41, 5.74) is 0.910. The molecular formula is C16H24N2O3. The van der Waals surface area contributed by atoms with Crippen molar-refractivity contribution in [2.45, 2.75) is 31.4 Å². The van der Waals surface area contributed by atoms with Crippen LogP contribution in [0.15, 0.2) is 30.3 Å². The van der Waals surface area contributed by atoms with Gasteiger partial charge in [0.25, 0.3) is 0 Å². The zero-order valence-corrected chi connectivity index (χ0v) is 12.3. The van der Waals surface area contributed by atoms with Gasteiger partial charge < -0.3 is 20.5 Å². The third-order valence-electron chi connectivity index (χ3n) is 3.69. The molecule has 1 aliphatic heterocycles. The molecule has 116 valence electrons. The highest BCUT2D eigenvalue weighted by atomic mass is 16.5. The van der Waals surface area contributed by atoms with Crippen molar-refractivity contribution in [1.82, 2.24) is 10.6 Å². The summed E-state index contributed by atoms with van der Waals surface area (Å²) in [5, 5.41) is 15.5. The van der Waals surface area contributed by atoms with Gasteiger partial charge in [-0.2, -0.15) is 0 Å². The molecular weight excluding hydrogens is 268 g/mol. The number of aliphatic hydroxyl groups is 1. The second-order valence-corrected chi connectivity index (χ2v) is 5.28. The van der Waals surface area contributed by atoms with Crippen LogP contribution < -0.4 is 10.6 Å². The van der Waals surface area contributed by atoms with Gasteiger partial charge in [-0.15, -0.1) is 0 Å². The number of aliphatic hydroxyl groups excluding tert-OH is 1. The van der Waals surface area contributed by atoms with Gasteiger partial charge in [0.1, 0.15) is 0 Å². The number of carbonyl (C=O) groups excluding carboxylic acids is 1. The molecule has 21 heavy (non-hydrogen) atoms. The molecule has 0 unspecified atom stereocenters. The van der Waals surface area contributed by atoms with Gasteiger partial charge in [0, 0.05) is 6.42 Å². The van der Waals surface area contributed by atoms with Crippen molar-refractivity contribution in [2.24, 2.45) is 0 Å². The van der Waals surface area contributed by atoms with Crippen LogP contribution in [-0.4, -0.2) is 43.4 Å². The first-order valence-electron chi connectivity index (χ1n) is 7.57. The van der Waals surface area contributed by atoms with Crippen LogP contribution in [0.4, 0.5) is 0 Å². The maximum atomic E-state index is 11.9. The van der Waals surface area contributed by atoms with Crippen LogP contribution in [0.2, 0.25) is 0 Å². The van der Waals surface area contributed by atoms with Crippen molar-refractivity contribution in [3.05, 3.63) is 35.9 Å². The van der Waals surface area contributed by atoms with E-state index in [9.17, 15) is 9.90 Å². The van der Waals surface area contributed by atoms with E-state index in [1.54, 1.807) is 0 Å². The fourth-order valence-electron chi connectivity index (χ4n) is 2.47. The lowest BCUT2D eigenvalue weighted by molar-refractivity contribution is -0.123. The van der Waals surface area contributed by atoms with Crippen LogP contribution in [0, 0.1) is 0 Å². The van der Waals surface area contributed by atoms with Crippen molar-refractivity contribution in [3.8, 4) is 0 Å². The largest absolute Gasteiger partial charge is 0.394 e. The lowest BCUT2D eigenvalue weighted by Crippen LogP contribution is -2.34. The molecule has 1 atom stereocenters.